The molecule has 0 aliphatic carbocycles. The maximum absolute atomic E-state index is 11.9. The summed E-state index contributed by atoms with van der Waals surface area (Å²) in [7, 11) is 5.20. The van der Waals surface area contributed by atoms with Crippen molar-refractivity contribution in [3.05, 3.63) is 34.2 Å². The maximum Gasteiger partial charge on any atom is 0.328 e. The molecular weight excluding hydrogens is 272 g/mol. The molecule has 0 amide bonds. The average Bonchev–Trinajstić information content (AvgIpc) is 2.71. The van der Waals surface area contributed by atoms with Gasteiger partial charge in [0.25, 0.3) is 0 Å². The lowest BCUT2D eigenvalue weighted by Crippen LogP contribution is -2.19. The Morgan fingerprint density at radius 1 is 0.952 bits per heavy atom. The van der Waals surface area contributed by atoms with Gasteiger partial charge in [-0.1, -0.05) is 6.07 Å². The van der Waals surface area contributed by atoms with Crippen LogP contribution in [-0.2, 0) is 34.9 Å². The molecule has 0 saturated heterocycles. The zero-order chi connectivity index (χ0) is 15.2. The summed E-state index contributed by atoms with van der Waals surface area (Å²) in [6.45, 7) is 2.77. The summed E-state index contributed by atoms with van der Waals surface area (Å²) in [5.74, 6) is 0. The number of fused-ring (bicyclic) bond motifs is 1. The van der Waals surface area contributed by atoms with Crippen molar-refractivity contribution in [2.45, 2.75) is 6.61 Å². The highest BCUT2D eigenvalue weighted by Gasteiger charge is 2.07. The third kappa shape index (κ3) is 3.72. The molecule has 0 saturated carbocycles. The molecule has 2 aromatic rings. The molecule has 0 unspecified atom stereocenters. The van der Waals surface area contributed by atoms with Gasteiger partial charge in [0.05, 0.1) is 44.1 Å². The van der Waals surface area contributed by atoms with E-state index in [9.17, 15) is 4.79 Å². The second-order valence-corrected chi connectivity index (χ2v) is 4.88. The summed E-state index contributed by atoms with van der Waals surface area (Å²) in [5.41, 5.74) is 2.87. The molecule has 1 aromatic heterocycles. The summed E-state index contributed by atoms with van der Waals surface area (Å²) in [5, 5.41) is 0. The van der Waals surface area contributed by atoms with Gasteiger partial charge in [0.2, 0.25) is 0 Å². The second kappa shape index (κ2) is 7.40. The van der Waals surface area contributed by atoms with Crippen molar-refractivity contribution in [1.82, 2.24) is 9.13 Å². The van der Waals surface area contributed by atoms with E-state index >= 15 is 0 Å². The van der Waals surface area contributed by atoms with Crippen molar-refractivity contribution >= 4 is 11.0 Å². The number of methoxy groups -OCH3 is 1. The van der Waals surface area contributed by atoms with Crippen LogP contribution in [0.25, 0.3) is 11.0 Å². The minimum atomic E-state index is -0.0189. The van der Waals surface area contributed by atoms with E-state index in [4.69, 9.17) is 14.2 Å². The molecule has 0 bridgehead atoms. The Labute approximate surface area is 123 Å². The van der Waals surface area contributed by atoms with Crippen LogP contribution in [0, 0.1) is 0 Å². The molecule has 0 N–H and O–H groups in total. The van der Waals surface area contributed by atoms with E-state index in [0.29, 0.717) is 33.0 Å². The first-order valence-electron chi connectivity index (χ1n) is 6.94. The van der Waals surface area contributed by atoms with Gasteiger partial charge in [0.15, 0.2) is 0 Å². The Morgan fingerprint density at radius 3 is 2.38 bits per heavy atom. The molecule has 0 spiro atoms. The van der Waals surface area contributed by atoms with Gasteiger partial charge in [0, 0.05) is 21.2 Å². The van der Waals surface area contributed by atoms with Gasteiger partial charge in [-0.2, -0.15) is 0 Å². The molecular formula is C15H22N2O4. The molecule has 21 heavy (non-hydrogen) atoms. The predicted octanol–water partition coefficient (Wildman–Crippen LogP) is 1.06. The van der Waals surface area contributed by atoms with Crippen LogP contribution in [0.1, 0.15) is 5.56 Å². The van der Waals surface area contributed by atoms with E-state index in [1.165, 1.54) is 0 Å². The molecule has 2 rings (SSSR count). The number of rotatable bonds is 8. The van der Waals surface area contributed by atoms with E-state index in [1.807, 2.05) is 18.2 Å². The number of imidazole rings is 1. The molecule has 116 valence electrons. The minimum Gasteiger partial charge on any atom is -0.382 e. The van der Waals surface area contributed by atoms with Crippen LogP contribution in [0.2, 0.25) is 0 Å². The van der Waals surface area contributed by atoms with E-state index < -0.39 is 0 Å². The summed E-state index contributed by atoms with van der Waals surface area (Å²) in [4.78, 5) is 11.9. The zero-order valence-corrected chi connectivity index (χ0v) is 12.8. The standard InChI is InChI=1S/C15H22N2O4/c1-16-13-5-4-12(10-14(13)17(2)15(16)18)11-21-9-8-20-7-6-19-3/h4-5,10H,6-9,11H2,1-3H3. The van der Waals surface area contributed by atoms with Gasteiger partial charge in [-0.25, -0.2) is 4.79 Å². The summed E-state index contributed by atoms with van der Waals surface area (Å²) in [6, 6.07) is 5.92. The van der Waals surface area contributed by atoms with E-state index in [0.717, 1.165) is 16.6 Å². The van der Waals surface area contributed by atoms with Gasteiger partial charge < -0.3 is 14.2 Å². The van der Waals surface area contributed by atoms with E-state index in [1.54, 1.807) is 30.3 Å². The van der Waals surface area contributed by atoms with Crippen LogP contribution in [-0.4, -0.2) is 42.7 Å². The molecule has 1 aromatic carbocycles. The number of aromatic nitrogens is 2. The normalized spacial score (nSPS) is 11.4. The SMILES string of the molecule is COCCOCCOCc1ccc2c(c1)n(C)c(=O)n2C. The molecule has 0 aliphatic rings. The molecule has 0 atom stereocenters. The number of aryl methyl sites for hydroxylation is 2. The fraction of sp³-hybridized carbons (Fsp3) is 0.533. The first-order valence-corrected chi connectivity index (χ1v) is 6.94. The molecule has 6 nitrogen and oxygen atoms in total. The van der Waals surface area contributed by atoms with Gasteiger partial charge in [-0.05, 0) is 17.7 Å². The van der Waals surface area contributed by atoms with Crippen LogP contribution in [0.5, 0.6) is 0 Å². The van der Waals surface area contributed by atoms with Crippen molar-refractivity contribution in [1.29, 1.82) is 0 Å². The molecule has 0 aliphatic heterocycles. The molecule has 6 heteroatoms. The third-order valence-electron chi connectivity index (χ3n) is 3.41. The Bertz CT molecular complexity index is 645. The number of ether oxygens (including phenoxy) is 3. The smallest absolute Gasteiger partial charge is 0.328 e. The lowest BCUT2D eigenvalue weighted by atomic mass is 10.2. The van der Waals surface area contributed by atoms with Gasteiger partial charge in [-0.3, -0.25) is 9.13 Å². The molecule has 0 fully saturated rings. The Balaban J connectivity index is 1.89. The maximum atomic E-state index is 11.9. The number of nitrogens with zero attached hydrogens (tertiary/aromatic N) is 2. The highest BCUT2D eigenvalue weighted by atomic mass is 16.5. The van der Waals surface area contributed by atoms with Crippen LogP contribution in [0.4, 0.5) is 0 Å². The van der Waals surface area contributed by atoms with E-state index in [-0.39, 0.29) is 5.69 Å². The van der Waals surface area contributed by atoms with Crippen LogP contribution < -0.4 is 5.69 Å². The Kier molecular flexibility index (Phi) is 5.55. The van der Waals surface area contributed by atoms with Gasteiger partial charge >= 0.3 is 5.69 Å². The highest BCUT2D eigenvalue weighted by molar-refractivity contribution is 5.76. The zero-order valence-electron chi connectivity index (χ0n) is 12.8. The largest absolute Gasteiger partial charge is 0.382 e. The summed E-state index contributed by atoms with van der Waals surface area (Å²) in [6.07, 6.45) is 0. The first-order chi connectivity index (χ1) is 10.1. The predicted molar refractivity (Wildman–Crippen MR) is 80.5 cm³/mol. The van der Waals surface area contributed by atoms with Gasteiger partial charge in [0.1, 0.15) is 0 Å². The summed E-state index contributed by atoms with van der Waals surface area (Å²) >= 11 is 0. The van der Waals surface area contributed by atoms with Crippen molar-refractivity contribution in [2.75, 3.05) is 33.5 Å². The third-order valence-corrected chi connectivity index (χ3v) is 3.41. The fourth-order valence-corrected chi connectivity index (χ4v) is 2.19. The Morgan fingerprint density at radius 2 is 1.62 bits per heavy atom. The lowest BCUT2D eigenvalue weighted by molar-refractivity contribution is 0.0200. The van der Waals surface area contributed by atoms with Crippen LogP contribution in [0.3, 0.4) is 0 Å². The Hall–Kier alpha value is -1.63. The number of hydrogen-bond acceptors (Lipinski definition) is 4. The monoisotopic (exact) mass is 294 g/mol. The minimum absolute atomic E-state index is 0.0189. The lowest BCUT2D eigenvalue weighted by Gasteiger charge is -2.06. The fourth-order valence-electron chi connectivity index (χ4n) is 2.19. The van der Waals surface area contributed by atoms with Crippen molar-refractivity contribution in [3.63, 3.8) is 0 Å². The second-order valence-electron chi connectivity index (χ2n) is 4.88. The van der Waals surface area contributed by atoms with Crippen LogP contribution in [0.15, 0.2) is 23.0 Å². The average molecular weight is 294 g/mol. The summed E-state index contributed by atoms with van der Waals surface area (Å²) < 4.78 is 19.1. The van der Waals surface area contributed by atoms with Crippen molar-refractivity contribution in [3.8, 4) is 0 Å². The van der Waals surface area contributed by atoms with Crippen molar-refractivity contribution < 1.29 is 14.2 Å². The quantitative estimate of drug-likeness (QED) is 0.683. The van der Waals surface area contributed by atoms with Crippen LogP contribution >= 0.6 is 0 Å². The first kappa shape index (κ1) is 15.8. The number of hydrogen-bond donors (Lipinski definition) is 0. The molecule has 0 radical (unpaired) electrons. The topological polar surface area (TPSA) is 54.6 Å². The van der Waals surface area contributed by atoms with E-state index in [2.05, 4.69) is 0 Å². The number of benzene rings is 1. The highest BCUT2D eigenvalue weighted by Crippen LogP contribution is 2.14. The van der Waals surface area contributed by atoms with Gasteiger partial charge in [-0.15, -0.1) is 0 Å². The van der Waals surface area contributed by atoms with Crippen molar-refractivity contribution in [2.24, 2.45) is 14.1 Å². The molecule has 1 heterocycles.